The van der Waals surface area contributed by atoms with E-state index in [2.05, 4.69) is 29.2 Å². The average Bonchev–Trinajstić information content (AvgIpc) is 3.62. The minimum Gasteiger partial charge on any atom is -0.454 e. The fourth-order valence-corrected chi connectivity index (χ4v) is 6.80. The summed E-state index contributed by atoms with van der Waals surface area (Å²) in [5.41, 5.74) is 2.33. The van der Waals surface area contributed by atoms with E-state index in [4.69, 9.17) is 19.2 Å². The van der Waals surface area contributed by atoms with E-state index in [1.54, 1.807) is 0 Å². The van der Waals surface area contributed by atoms with Crippen molar-refractivity contribution in [1.29, 1.82) is 0 Å². The van der Waals surface area contributed by atoms with Gasteiger partial charge in [-0.3, -0.25) is 4.89 Å². The zero-order valence-electron chi connectivity index (χ0n) is 20.3. The van der Waals surface area contributed by atoms with Gasteiger partial charge in [0.05, 0.1) is 5.92 Å². The molecule has 0 spiro atoms. The molecular formula is C29H35NO5. The Balaban J connectivity index is 1.12. The molecule has 3 fully saturated rings. The lowest BCUT2D eigenvalue weighted by Gasteiger charge is -2.41. The van der Waals surface area contributed by atoms with Crippen LogP contribution in [0.5, 0.6) is 11.5 Å². The van der Waals surface area contributed by atoms with Gasteiger partial charge in [-0.2, -0.15) is 4.89 Å². The summed E-state index contributed by atoms with van der Waals surface area (Å²) in [5.74, 6) is 2.52. The Morgan fingerprint density at radius 2 is 1.69 bits per heavy atom. The van der Waals surface area contributed by atoms with Crippen molar-refractivity contribution in [3.05, 3.63) is 59.7 Å². The number of carbonyl (C=O) groups is 1. The van der Waals surface area contributed by atoms with Gasteiger partial charge in [-0.15, -0.1) is 0 Å². The molecular weight excluding hydrogens is 442 g/mol. The Kier molecular flexibility index (Phi) is 6.66. The summed E-state index contributed by atoms with van der Waals surface area (Å²) in [5, 5.41) is 0. The van der Waals surface area contributed by atoms with Gasteiger partial charge in [0.1, 0.15) is 6.10 Å². The number of piperidine rings is 1. The molecule has 0 amide bonds. The van der Waals surface area contributed by atoms with E-state index in [1.165, 1.54) is 18.4 Å². The second-order valence-corrected chi connectivity index (χ2v) is 10.7. The van der Waals surface area contributed by atoms with Crippen LogP contribution in [0.3, 0.4) is 0 Å². The van der Waals surface area contributed by atoms with E-state index in [-0.39, 0.29) is 18.0 Å². The third kappa shape index (κ3) is 4.91. The van der Waals surface area contributed by atoms with Crippen LogP contribution in [0.4, 0.5) is 0 Å². The van der Waals surface area contributed by atoms with Gasteiger partial charge in [0.2, 0.25) is 6.79 Å². The van der Waals surface area contributed by atoms with E-state index in [0.29, 0.717) is 24.5 Å². The van der Waals surface area contributed by atoms with Crippen molar-refractivity contribution in [2.45, 2.75) is 57.0 Å². The summed E-state index contributed by atoms with van der Waals surface area (Å²) in [6.45, 7) is 3.40. The quantitative estimate of drug-likeness (QED) is 0.389. The van der Waals surface area contributed by atoms with E-state index in [9.17, 15) is 4.79 Å². The van der Waals surface area contributed by atoms with Gasteiger partial charge in [0.15, 0.2) is 11.5 Å². The maximum absolute atomic E-state index is 13.4. The van der Waals surface area contributed by atoms with E-state index in [0.717, 1.165) is 68.8 Å². The first-order chi connectivity index (χ1) is 17.2. The van der Waals surface area contributed by atoms with Crippen LogP contribution in [0.25, 0.3) is 0 Å². The van der Waals surface area contributed by atoms with Crippen molar-refractivity contribution in [2.75, 3.05) is 26.4 Å². The molecule has 2 aromatic rings. The van der Waals surface area contributed by atoms with Gasteiger partial charge < -0.3 is 14.4 Å². The molecule has 2 heterocycles. The van der Waals surface area contributed by atoms with Gasteiger partial charge in [-0.1, -0.05) is 49.2 Å². The van der Waals surface area contributed by atoms with E-state index in [1.807, 2.05) is 24.3 Å². The van der Waals surface area contributed by atoms with Gasteiger partial charge in [0.25, 0.3) is 0 Å². The predicted octanol–water partition coefficient (Wildman–Crippen LogP) is 5.12. The third-order valence-corrected chi connectivity index (χ3v) is 8.50. The molecule has 2 aliphatic heterocycles. The lowest BCUT2D eigenvalue weighted by Crippen LogP contribution is -2.46. The van der Waals surface area contributed by atoms with Crippen molar-refractivity contribution in [1.82, 2.24) is 4.90 Å². The molecule has 0 aromatic heterocycles. The second kappa shape index (κ2) is 10.2. The van der Waals surface area contributed by atoms with Crippen LogP contribution in [-0.4, -0.2) is 43.4 Å². The summed E-state index contributed by atoms with van der Waals surface area (Å²) in [4.78, 5) is 27.1. The Bertz CT molecular complexity index is 1010. The van der Waals surface area contributed by atoms with Crippen molar-refractivity contribution in [3.8, 4) is 11.5 Å². The molecule has 1 saturated heterocycles. The summed E-state index contributed by atoms with van der Waals surface area (Å²) in [6, 6.07) is 16.5. The van der Waals surface area contributed by atoms with E-state index < -0.39 is 0 Å². The lowest BCUT2D eigenvalue weighted by atomic mass is 9.73. The highest BCUT2D eigenvalue weighted by Crippen LogP contribution is 2.49. The number of hydrogen-bond acceptors (Lipinski definition) is 6. The fourth-order valence-electron chi connectivity index (χ4n) is 6.80. The van der Waals surface area contributed by atoms with Gasteiger partial charge >= 0.3 is 5.97 Å². The number of ether oxygens (including phenoxy) is 2. The summed E-state index contributed by atoms with van der Waals surface area (Å²) in [7, 11) is 0. The number of carbonyl (C=O) groups excluding carboxylic acids is 1. The Labute approximate surface area is 207 Å². The van der Waals surface area contributed by atoms with E-state index >= 15 is 0 Å². The largest absolute Gasteiger partial charge is 0.454 e. The molecule has 6 nitrogen and oxygen atoms in total. The summed E-state index contributed by atoms with van der Waals surface area (Å²) < 4.78 is 11.0. The molecule has 3 unspecified atom stereocenters. The standard InChI is InChI=1S/C29H35NO5/c31-29(35-34-24-8-4-5-9-24)28(21-6-2-1-3-7-21)27-22-11-12-23(27)18-30(17-22)15-14-20-10-13-25-26(16-20)33-19-32-25/h1-3,6-7,10,13,16,22-24,27-28H,4-5,8-9,11-12,14-15,17-19H2. The van der Waals surface area contributed by atoms with Crippen LogP contribution in [0.15, 0.2) is 48.5 Å². The summed E-state index contributed by atoms with van der Waals surface area (Å²) >= 11 is 0. The molecule has 2 bridgehead atoms. The molecule has 35 heavy (non-hydrogen) atoms. The van der Waals surface area contributed by atoms with Crippen molar-refractivity contribution >= 4 is 5.97 Å². The number of nitrogens with zero attached hydrogens (tertiary/aromatic N) is 1. The van der Waals surface area contributed by atoms with Crippen LogP contribution in [0, 0.1) is 17.8 Å². The normalized spacial score (nSPS) is 26.7. The van der Waals surface area contributed by atoms with Gasteiger partial charge in [0, 0.05) is 19.6 Å². The minimum absolute atomic E-state index is 0.0603. The molecule has 4 aliphatic rings. The highest BCUT2D eigenvalue weighted by atomic mass is 17.2. The molecule has 0 radical (unpaired) electrons. The highest BCUT2D eigenvalue weighted by molar-refractivity contribution is 5.78. The molecule has 6 heteroatoms. The number of rotatable bonds is 8. The number of benzene rings is 2. The number of fused-ring (bicyclic) bond motifs is 3. The SMILES string of the molecule is O=C(OOC1CCCC1)C(c1ccccc1)C1C2CCC1CN(CCc1ccc3c(c1)OCO3)C2. The molecule has 2 aliphatic carbocycles. The maximum Gasteiger partial charge on any atom is 0.350 e. The smallest absolute Gasteiger partial charge is 0.350 e. The van der Waals surface area contributed by atoms with Gasteiger partial charge in [-0.05, 0) is 73.1 Å². The Morgan fingerprint density at radius 3 is 2.46 bits per heavy atom. The number of hydrogen-bond donors (Lipinski definition) is 0. The number of likely N-dealkylation sites (tertiary alicyclic amines) is 1. The Morgan fingerprint density at radius 1 is 0.943 bits per heavy atom. The van der Waals surface area contributed by atoms with Crippen LogP contribution in [0.1, 0.15) is 55.6 Å². The van der Waals surface area contributed by atoms with Crippen LogP contribution >= 0.6 is 0 Å². The van der Waals surface area contributed by atoms with Crippen molar-refractivity contribution in [2.24, 2.45) is 17.8 Å². The molecule has 2 aromatic carbocycles. The van der Waals surface area contributed by atoms with Crippen molar-refractivity contribution < 1.29 is 24.0 Å². The first kappa shape index (κ1) is 22.9. The molecule has 2 saturated carbocycles. The average molecular weight is 478 g/mol. The fraction of sp³-hybridized carbons (Fsp3) is 0.552. The molecule has 186 valence electrons. The molecule has 6 rings (SSSR count). The van der Waals surface area contributed by atoms with Crippen LogP contribution < -0.4 is 9.47 Å². The highest BCUT2D eigenvalue weighted by Gasteiger charge is 2.49. The first-order valence-corrected chi connectivity index (χ1v) is 13.3. The van der Waals surface area contributed by atoms with Gasteiger partial charge in [-0.25, -0.2) is 4.79 Å². The van der Waals surface area contributed by atoms with Crippen molar-refractivity contribution in [3.63, 3.8) is 0 Å². The van der Waals surface area contributed by atoms with Crippen LogP contribution in [-0.2, 0) is 21.0 Å². The molecule has 3 atom stereocenters. The maximum atomic E-state index is 13.4. The second-order valence-electron chi connectivity index (χ2n) is 10.7. The molecule has 0 N–H and O–H groups in total. The zero-order chi connectivity index (χ0) is 23.6. The topological polar surface area (TPSA) is 57.2 Å². The van der Waals surface area contributed by atoms with Crippen LogP contribution in [0.2, 0.25) is 0 Å². The minimum atomic E-state index is -0.258. The Hall–Kier alpha value is -2.57. The lowest BCUT2D eigenvalue weighted by molar-refractivity contribution is -0.299. The first-order valence-electron chi connectivity index (χ1n) is 13.3. The monoisotopic (exact) mass is 477 g/mol. The zero-order valence-corrected chi connectivity index (χ0v) is 20.3. The predicted molar refractivity (Wildman–Crippen MR) is 131 cm³/mol. The third-order valence-electron chi connectivity index (χ3n) is 8.50. The summed E-state index contributed by atoms with van der Waals surface area (Å²) in [6.07, 6.45) is 7.67.